The summed E-state index contributed by atoms with van der Waals surface area (Å²) in [6.07, 6.45) is 0. The topological polar surface area (TPSA) is 47.9 Å². The van der Waals surface area contributed by atoms with Gasteiger partial charge in [-0.25, -0.2) is 5.01 Å². The minimum absolute atomic E-state index is 0.227. The SMILES string of the molecule is O=C1Nc2ccc(Br)cc2C12N(c1ccccc1)N=C(c1cccc(Cl)c1)N2c1cccc(Cl)c1. The Labute approximate surface area is 220 Å². The number of fused-ring (bicyclic) bond motifs is 2. The zero-order valence-electron chi connectivity index (χ0n) is 18.1. The molecule has 0 saturated heterocycles. The first-order valence-corrected chi connectivity index (χ1v) is 12.4. The fourth-order valence-electron chi connectivity index (χ4n) is 4.69. The van der Waals surface area contributed by atoms with Crippen LogP contribution >= 0.6 is 39.1 Å². The van der Waals surface area contributed by atoms with E-state index in [1.165, 1.54) is 0 Å². The fourth-order valence-corrected chi connectivity index (χ4v) is 5.43. The highest BCUT2D eigenvalue weighted by molar-refractivity contribution is 9.10. The zero-order chi connectivity index (χ0) is 24.2. The van der Waals surface area contributed by atoms with Crippen molar-refractivity contribution in [2.45, 2.75) is 5.66 Å². The molecule has 1 unspecified atom stereocenters. The van der Waals surface area contributed by atoms with Gasteiger partial charge in [-0.2, -0.15) is 5.10 Å². The van der Waals surface area contributed by atoms with Crippen LogP contribution < -0.4 is 15.2 Å². The van der Waals surface area contributed by atoms with Gasteiger partial charge in [-0.3, -0.25) is 9.69 Å². The second-order valence-electron chi connectivity index (χ2n) is 8.21. The summed E-state index contributed by atoms with van der Waals surface area (Å²) in [4.78, 5) is 16.1. The summed E-state index contributed by atoms with van der Waals surface area (Å²) in [5, 5.41) is 11.0. The maximum absolute atomic E-state index is 14.1. The van der Waals surface area contributed by atoms with Gasteiger partial charge in [0.15, 0.2) is 5.84 Å². The number of anilines is 3. The van der Waals surface area contributed by atoms with Gasteiger partial charge < -0.3 is 5.32 Å². The lowest BCUT2D eigenvalue weighted by Crippen LogP contribution is -2.58. The van der Waals surface area contributed by atoms with Gasteiger partial charge in [-0.1, -0.05) is 75.5 Å². The Hall–Kier alpha value is -3.32. The number of halogens is 3. The van der Waals surface area contributed by atoms with Crippen molar-refractivity contribution < 1.29 is 4.79 Å². The number of nitrogens with zero attached hydrogens (tertiary/aromatic N) is 3. The van der Waals surface area contributed by atoms with Gasteiger partial charge >= 0.3 is 0 Å². The number of nitrogens with one attached hydrogen (secondary N) is 1. The molecule has 0 saturated carbocycles. The number of amidine groups is 1. The van der Waals surface area contributed by atoms with Crippen molar-refractivity contribution in [2.24, 2.45) is 5.10 Å². The number of carbonyl (C=O) groups excluding carboxylic acids is 1. The fraction of sp³-hybridized carbons (Fsp3) is 0.0370. The maximum Gasteiger partial charge on any atom is 0.278 e. The highest BCUT2D eigenvalue weighted by atomic mass is 79.9. The number of para-hydroxylation sites is 1. The number of hydrogen-bond acceptors (Lipinski definition) is 4. The lowest BCUT2D eigenvalue weighted by Gasteiger charge is -2.40. The van der Waals surface area contributed by atoms with Crippen molar-refractivity contribution in [3.63, 3.8) is 0 Å². The number of amides is 1. The lowest BCUT2D eigenvalue weighted by molar-refractivity contribution is -0.120. The van der Waals surface area contributed by atoms with Crippen molar-refractivity contribution in [2.75, 3.05) is 15.2 Å². The summed E-state index contributed by atoms with van der Waals surface area (Å²) < 4.78 is 0.849. The smallest absolute Gasteiger partial charge is 0.278 e. The Balaban J connectivity index is 1.71. The van der Waals surface area contributed by atoms with Crippen LogP contribution in [0.2, 0.25) is 10.0 Å². The molecule has 1 spiro atoms. The third-order valence-corrected chi connectivity index (χ3v) is 7.07. The second-order valence-corrected chi connectivity index (χ2v) is 10.0. The molecule has 4 aromatic rings. The van der Waals surface area contributed by atoms with Gasteiger partial charge in [0.25, 0.3) is 5.91 Å². The standard InChI is InChI=1S/C27H17BrCl2N4O/c28-18-12-13-24-23(15-18)27(26(35)31-24)33(22-11-5-8-20(30)16-22)25(17-6-4-7-19(29)14-17)32-34(27)21-9-2-1-3-10-21/h1-16H,(H,31,35). The van der Waals surface area contributed by atoms with E-state index >= 15 is 0 Å². The predicted molar refractivity (Wildman–Crippen MR) is 145 cm³/mol. The first-order chi connectivity index (χ1) is 17.0. The van der Waals surface area contributed by atoms with E-state index in [2.05, 4.69) is 21.2 Å². The Bertz CT molecular complexity index is 1510. The van der Waals surface area contributed by atoms with Crippen molar-refractivity contribution in [3.8, 4) is 0 Å². The molecule has 0 fully saturated rings. The van der Waals surface area contributed by atoms with Crippen LogP contribution in [0.25, 0.3) is 0 Å². The number of carbonyl (C=O) groups is 1. The number of rotatable bonds is 3. The summed E-state index contributed by atoms with van der Waals surface area (Å²) >= 11 is 16.4. The zero-order valence-corrected chi connectivity index (χ0v) is 21.2. The molecule has 4 aromatic carbocycles. The minimum atomic E-state index is -1.34. The minimum Gasteiger partial charge on any atom is -0.322 e. The molecule has 1 N–H and O–H groups in total. The Kier molecular flexibility index (Phi) is 5.33. The first-order valence-electron chi connectivity index (χ1n) is 10.9. The summed E-state index contributed by atoms with van der Waals surface area (Å²) in [5.41, 5.74) is 2.39. The molecule has 1 atom stereocenters. The van der Waals surface area contributed by atoms with Gasteiger partial charge in [0.05, 0.1) is 5.69 Å². The first kappa shape index (κ1) is 22.2. The summed E-state index contributed by atoms with van der Waals surface area (Å²) in [5.74, 6) is 0.344. The Morgan fingerprint density at radius 1 is 0.800 bits per heavy atom. The van der Waals surface area contributed by atoms with Crippen LogP contribution in [0.15, 0.2) is 107 Å². The highest BCUT2D eigenvalue weighted by Crippen LogP contribution is 2.51. The number of hydrazone groups is 1. The van der Waals surface area contributed by atoms with Crippen LogP contribution in [-0.4, -0.2) is 11.7 Å². The Morgan fingerprint density at radius 2 is 1.51 bits per heavy atom. The van der Waals surface area contributed by atoms with Gasteiger partial charge in [0.2, 0.25) is 5.66 Å². The molecule has 2 aliphatic rings. The molecule has 35 heavy (non-hydrogen) atoms. The van der Waals surface area contributed by atoms with Crippen LogP contribution in [0.5, 0.6) is 0 Å². The molecule has 172 valence electrons. The third kappa shape index (κ3) is 3.44. The van der Waals surface area contributed by atoms with E-state index in [0.717, 1.165) is 27.0 Å². The molecular weight excluding hydrogens is 547 g/mol. The molecule has 0 aromatic heterocycles. The van der Waals surface area contributed by atoms with Crippen LogP contribution in [0.3, 0.4) is 0 Å². The van der Waals surface area contributed by atoms with E-state index in [0.29, 0.717) is 21.6 Å². The van der Waals surface area contributed by atoms with Gasteiger partial charge in [0, 0.05) is 37.0 Å². The van der Waals surface area contributed by atoms with Crippen LogP contribution in [0.1, 0.15) is 11.1 Å². The predicted octanol–water partition coefficient (Wildman–Crippen LogP) is 7.25. The van der Waals surface area contributed by atoms with Crippen LogP contribution in [0.4, 0.5) is 17.1 Å². The molecule has 1 amide bonds. The normalized spacial score (nSPS) is 18.6. The molecular formula is C27H17BrCl2N4O. The lowest BCUT2D eigenvalue weighted by atomic mass is 9.96. The van der Waals surface area contributed by atoms with E-state index in [9.17, 15) is 4.79 Å². The average Bonchev–Trinajstić information content (AvgIpc) is 3.36. The van der Waals surface area contributed by atoms with Gasteiger partial charge in [-0.15, -0.1) is 0 Å². The van der Waals surface area contributed by atoms with E-state index in [1.807, 2.05) is 95.9 Å². The van der Waals surface area contributed by atoms with Gasteiger partial charge in [0.1, 0.15) is 0 Å². The van der Waals surface area contributed by atoms with E-state index in [1.54, 1.807) is 11.1 Å². The second kappa shape index (κ2) is 8.41. The molecule has 6 rings (SSSR count). The van der Waals surface area contributed by atoms with Crippen LogP contribution in [0, 0.1) is 0 Å². The van der Waals surface area contributed by atoms with Crippen molar-refractivity contribution >= 4 is 67.9 Å². The third-order valence-electron chi connectivity index (χ3n) is 6.11. The quantitative estimate of drug-likeness (QED) is 0.285. The van der Waals surface area contributed by atoms with E-state index in [-0.39, 0.29) is 5.91 Å². The molecule has 0 aliphatic carbocycles. The largest absolute Gasteiger partial charge is 0.322 e. The molecule has 2 aliphatic heterocycles. The van der Waals surface area contributed by atoms with Crippen molar-refractivity contribution in [1.29, 1.82) is 0 Å². The number of hydrogen-bond donors (Lipinski definition) is 1. The van der Waals surface area contributed by atoms with E-state index in [4.69, 9.17) is 28.3 Å². The molecule has 0 bridgehead atoms. The summed E-state index contributed by atoms with van der Waals surface area (Å²) in [6.45, 7) is 0. The van der Waals surface area contributed by atoms with Gasteiger partial charge in [-0.05, 0) is 60.7 Å². The molecule has 5 nitrogen and oxygen atoms in total. The monoisotopic (exact) mass is 562 g/mol. The van der Waals surface area contributed by atoms with E-state index < -0.39 is 5.66 Å². The summed E-state index contributed by atoms with van der Waals surface area (Å²) in [7, 11) is 0. The molecule has 2 heterocycles. The van der Waals surface area contributed by atoms with Crippen LogP contribution in [-0.2, 0) is 10.5 Å². The average molecular weight is 564 g/mol. The summed E-state index contributed by atoms with van der Waals surface area (Å²) in [6, 6.07) is 30.3. The Morgan fingerprint density at radius 3 is 2.26 bits per heavy atom. The number of benzene rings is 4. The van der Waals surface area contributed by atoms with Crippen molar-refractivity contribution in [3.05, 3.63) is 123 Å². The molecule has 8 heteroatoms. The van der Waals surface area contributed by atoms with Crippen molar-refractivity contribution in [1.82, 2.24) is 0 Å². The maximum atomic E-state index is 14.1. The molecule has 0 radical (unpaired) electrons. The highest BCUT2D eigenvalue weighted by Gasteiger charge is 2.61.